The fourth-order valence-corrected chi connectivity index (χ4v) is 4.33. The molecular weight excluding hydrogens is 377 g/mol. The number of halogens is 1. The number of nitrogens with zero attached hydrogens (tertiary/aromatic N) is 5. The minimum Gasteiger partial charge on any atom is -0.366 e. The maximum atomic E-state index is 13.2. The average molecular weight is 397 g/mol. The number of aryl methyl sites for hydroxylation is 2. The van der Waals surface area contributed by atoms with Gasteiger partial charge in [-0.25, -0.2) is 9.37 Å². The molecule has 3 heterocycles. The van der Waals surface area contributed by atoms with Crippen molar-refractivity contribution in [3.05, 3.63) is 69.5 Å². The molecule has 0 N–H and O–H groups in total. The Balaban J connectivity index is 1.74. The summed E-state index contributed by atoms with van der Waals surface area (Å²) in [7, 11) is 1.85. The van der Waals surface area contributed by atoms with E-state index in [-0.39, 0.29) is 11.4 Å². The first kappa shape index (κ1) is 18.4. The zero-order valence-electron chi connectivity index (χ0n) is 15.9. The smallest absolute Gasteiger partial charge is 0.259 e. The average Bonchev–Trinajstić information content (AvgIpc) is 3.23. The lowest BCUT2D eigenvalue weighted by Gasteiger charge is -2.22. The molecule has 0 radical (unpaired) electrons. The normalized spacial score (nSPS) is 11.3. The molecule has 28 heavy (non-hydrogen) atoms. The molecule has 0 saturated carbocycles. The van der Waals surface area contributed by atoms with E-state index in [1.807, 2.05) is 27.1 Å². The van der Waals surface area contributed by atoms with Crippen LogP contribution in [0.1, 0.15) is 17.5 Å². The van der Waals surface area contributed by atoms with E-state index >= 15 is 0 Å². The molecular formula is C20H20FN5OS. The molecule has 0 aliphatic rings. The van der Waals surface area contributed by atoms with Crippen LogP contribution in [0.3, 0.4) is 0 Å². The maximum Gasteiger partial charge on any atom is 0.259 e. The van der Waals surface area contributed by atoms with Crippen molar-refractivity contribution in [2.45, 2.75) is 20.4 Å². The Hall–Kier alpha value is -3.00. The predicted octanol–water partition coefficient (Wildman–Crippen LogP) is 3.63. The van der Waals surface area contributed by atoms with Gasteiger partial charge in [0.05, 0.1) is 24.1 Å². The maximum absolute atomic E-state index is 13.2. The van der Waals surface area contributed by atoms with Gasteiger partial charge in [0.2, 0.25) is 0 Å². The number of anilines is 1. The highest BCUT2D eigenvalue weighted by atomic mass is 32.1. The van der Waals surface area contributed by atoms with Gasteiger partial charge in [-0.1, -0.05) is 0 Å². The van der Waals surface area contributed by atoms with Crippen LogP contribution in [-0.2, 0) is 13.6 Å². The Morgan fingerprint density at radius 3 is 2.64 bits per heavy atom. The molecule has 8 heteroatoms. The van der Waals surface area contributed by atoms with Gasteiger partial charge in [0.15, 0.2) is 4.96 Å². The van der Waals surface area contributed by atoms with Crippen LogP contribution in [0.25, 0.3) is 16.2 Å². The quantitative estimate of drug-likeness (QED) is 0.516. The molecule has 0 fully saturated rings. The number of aromatic nitrogens is 4. The molecule has 0 atom stereocenters. The van der Waals surface area contributed by atoms with E-state index in [2.05, 4.69) is 10.00 Å². The van der Waals surface area contributed by atoms with Crippen molar-refractivity contribution in [3.63, 3.8) is 0 Å². The van der Waals surface area contributed by atoms with Crippen molar-refractivity contribution >= 4 is 22.0 Å². The lowest BCUT2D eigenvalue weighted by atomic mass is 10.2. The Bertz CT molecular complexity index is 1190. The molecule has 6 nitrogen and oxygen atoms in total. The first-order valence-corrected chi connectivity index (χ1v) is 9.79. The summed E-state index contributed by atoms with van der Waals surface area (Å²) in [6, 6.07) is 7.92. The van der Waals surface area contributed by atoms with Gasteiger partial charge in [0, 0.05) is 42.0 Å². The number of fused-ring (bicyclic) bond motifs is 1. The fraction of sp³-hybridized carbons (Fsp3) is 0.250. The fourth-order valence-electron chi connectivity index (χ4n) is 3.31. The summed E-state index contributed by atoms with van der Waals surface area (Å²) in [6.07, 6.45) is 3.64. The third-order valence-corrected chi connectivity index (χ3v) is 5.60. The minimum absolute atomic E-state index is 0.113. The lowest BCUT2D eigenvalue weighted by molar-refractivity contribution is 0.627. The molecule has 4 aromatic rings. The molecule has 0 aliphatic heterocycles. The van der Waals surface area contributed by atoms with Crippen LogP contribution in [-0.4, -0.2) is 25.7 Å². The molecule has 3 aromatic heterocycles. The summed E-state index contributed by atoms with van der Waals surface area (Å²) in [6.45, 7) is 5.20. The van der Waals surface area contributed by atoms with Crippen LogP contribution in [0.5, 0.6) is 0 Å². The second-order valence-electron chi connectivity index (χ2n) is 6.60. The minimum atomic E-state index is -0.269. The summed E-state index contributed by atoms with van der Waals surface area (Å²) < 4.78 is 16.6. The van der Waals surface area contributed by atoms with E-state index in [1.165, 1.54) is 23.5 Å². The van der Waals surface area contributed by atoms with Crippen LogP contribution >= 0.6 is 11.3 Å². The van der Waals surface area contributed by atoms with Gasteiger partial charge < -0.3 is 4.90 Å². The summed E-state index contributed by atoms with van der Waals surface area (Å²) in [5, 5.41) is 4.21. The highest BCUT2D eigenvalue weighted by molar-refractivity contribution is 7.17. The summed E-state index contributed by atoms with van der Waals surface area (Å²) in [5.74, 6) is -0.269. The second kappa shape index (κ2) is 7.20. The summed E-state index contributed by atoms with van der Waals surface area (Å²) in [5.41, 5.74) is 3.20. The van der Waals surface area contributed by atoms with Crippen LogP contribution in [0.15, 0.2) is 47.5 Å². The SMILES string of the molecule is CCN(Cc1cc(=O)n2c(-c3cnn(C)c3)c(C)sc2n1)c1ccc(F)cc1. The van der Waals surface area contributed by atoms with Crippen molar-refractivity contribution in [2.75, 3.05) is 11.4 Å². The standard InChI is InChI=1S/C20H20FN5OS/c1-4-25(17-7-5-15(21)6-8-17)12-16-9-18(27)26-19(13(2)28-20(26)23-16)14-10-22-24(3)11-14/h5-11H,4,12H2,1-3H3. The third-order valence-electron chi connectivity index (χ3n) is 4.65. The first-order valence-electron chi connectivity index (χ1n) is 8.98. The van der Waals surface area contributed by atoms with Crippen LogP contribution in [0, 0.1) is 12.7 Å². The van der Waals surface area contributed by atoms with E-state index < -0.39 is 0 Å². The van der Waals surface area contributed by atoms with E-state index in [0.29, 0.717) is 17.2 Å². The van der Waals surface area contributed by atoms with Gasteiger partial charge in [-0.05, 0) is 38.1 Å². The molecule has 0 unspecified atom stereocenters. The topological polar surface area (TPSA) is 55.4 Å². The molecule has 4 rings (SSSR count). The van der Waals surface area contributed by atoms with Crippen LogP contribution in [0.2, 0.25) is 0 Å². The van der Waals surface area contributed by atoms with Crippen molar-refractivity contribution in [1.29, 1.82) is 0 Å². The number of hydrogen-bond acceptors (Lipinski definition) is 5. The predicted molar refractivity (Wildman–Crippen MR) is 109 cm³/mol. The second-order valence-corrected chi connectivity index (χ2v) is 7.79. The van der Waals surface area contributed by atoms with Crippen LogP contribution in [0.4, 0.5) is 10.1 Å². The van der Waals surface area contributed by atoms with Gasteiger partial charge in [-0.15, -0.1) is 11.3 Å². The zero-order chi connectivity index (χ0) is 19.8. The van der Waals surface area contributed by atoms with Gasteiger partial charge in [0.25, 0.3) is 5.56 Å². The largest absolute Gasteiger partial charge is 0.366 e. The number of thiazole rings is 1. The lowest BCUT2D eigenvalue weighted by Crippen LogP contribution is -2.24. The first-order chi connectivity index (χ1) is 13.5. The van der Waals surface area contributed by atoms with Crippen LogP contribution < -0.4 is 10.5 Å². The molecule has 0 aliphatic carbocycles. The van der Waals surface area contributed by atoms with Gasteiger partial charge in [-0.3, -0.25) is 13.9 Å². The third kappa shape index (κ3) is 3.31. The van der Waals surface area contributed by atoms with E-state index in [1.54, 1.807) is 33.5 Å². The van der Waals surface area contributed by atoms with Crippen molar-refractivity contribution in [1.82, 2.24) is 19.2 Å². The summed E-state index contributed by atoms with van der Waals surface area (Å²) in [4.78, 5) is 21.3. The molecule has 0 amide bonds. The molecule has 0 bridgehead atoms. The van der Waals surface area contributed by atoms with Gasteiger partial charge in [0.1, 0.15) is 5.82 Å². The van der Waals surface area contributed by atoms with E-state index in [9.17, 15) is 9.18 Å². The van der Waals surface area contributed by atoms with Gasteiger partial charge >= 0.3 is 0 Å². The van der Waals surface area contributed by atoms with Crippen molar-refractivity contribution < 1.29 is 4.39 Å². The Kier molecular flexibility index (Phi) is 4.72. The zero-order valence-corrected chi connectivity index (χ0v) is 16.7. The Morgan fingerprint density at radius 1 is 1.25 bits per heavy atom. The Morgan fingerprint density at radius 2 is 2.00 bits per heavy atom. The van der Waals surface area contributed by atoms with Gasteiger partial charge in [-0.2, -0.15) is 5.10 Å². The molecule has 0 saturated heterocycles. The Labute approximate surface area is 165 Å². The molecule has 144 valence electrons. The number of hydrogen-bond donors (Lipinski definition) is 0. The van der Waals surface area contributed by atoms with E-state index in [4.69, 9.17) is 4.98 Å². The van der Waals surface area contributed by atoms with E-state index in [0.717, 1.165) is 28.4 Å². The molecule has 0 spiro atoms. The highest BCUT2D eigenvalue weighted by Crippen LogP contribution is 2.29. The number of benzene rings is 1. The van der Waals surface area contributed by atoms with Crippen molar-refractivity contribution in [3.8, 4) is 11.3 Å². The summed E-state index contributed by atoms with van der Waals surface area (Å²) >= 11 is 1.49. The molecule has 1 aromatic carbocycles. The number of rotatable bonds is 5. The monoisotopic (exact) mass is 397 g/mol. The highest BCUT2D eigenvalue weighted by Gasteiger charge is 2.17. The van der Waals surface area contributed by atoms with Crippen molar-refractivity contribution in [2.24, 2.45) is 7.05 Å².